The highest BCUT2D eigenvalue weighted by Crippen LogP contribution is 2.34. The molecule has 1 aliphatic rings. The summed E-state index contributed by atoms with van der Waals surface area (Å²) in [6, 6.07) is 14.9. The fraction of sp³-hybridized carbons (Fsp3) is 0.333. The molecule has 2 aromatic rings. The van der Waals surface area contributed by atoms with Crippen molar-refractivity contribution >= 4 is 0 Å². The van der Waals surface area contributed by atoms with E-state index in [2.05, 4.69) is 48.6 Å². The molecule has 1 atom stereocenters. The highest BCUT2D eigenvalue weighted by atomic mass is 16.6. The smallest absolute Gasteiger partial charge is 0.161 e. The number of rotatable bonds is 4. The molecule has 21 heavy (non-hydrogen) atoms. The molecule has 0 aromatic heterocycles. The standard InChI is InChI=1S/C18H21NO2/c1-3-13-6-4-5-7-15(13)18(19-2)14-8-9-16-17(12-14)21-11-10-20-16/h4-9,12,18-19H,3,10-11H2,1-2H3. The van der Waals surface area contributed by atoms with Crippen LogP contribution < -0.4 is 14.8 Å². The third-order valence-electron chi connectivity index (χ3n) is 3.94. The van der Waals surface area contributed by atoms with Crippen molar-refractivity contribution in [2.45, 2.75) is 19.4 Å². The Morgan fingerprint density at radius 1 is 1.05 bits per heavy atom. The van der Waals surface area contributed by atoms with Crippen LogP contribution in [0.25, 0.3) is 0 Å². The largest absolute Gasteiger partial charge is 0.486 e. The number of hydrogen-bond acceptors (Lipinski definition) is 3. The van der Waals surface area contributed by atoms with Gasteiger partial charge in [-0.1, -0.05) is 37.3 Å². The fourth-order valence-electron chi connectivity index (χ4n) is 2.88. The van der Waals surface area contributed by atoms with E-state index in [1.165, 1.54) is 16.7 Å². The Hall–Kier alpha value is -2.00. The molecule has 1 aliphatic heterocycles. The van der Waals surface area contributed by atoms with Crippen LogP contribution in [0.2, 0.25) is 0 Å². The number of benzene rings is 2. The lowest BCUT2D eigenvalue weighted by molar-refractivity contribution is 0.171. The van der Waals surface area contributed by atoms with Crippen LogP contribution in [0.5, 0.6) is 11.5 Å². The van der Waals surface area contributed by atoms with Gasteiger partial charge in [-0.05, 0) is 42.3 Å². The highest BCUT2D eigenvalue weighted by Gasteiger charge is 2.18. The Labute approximate surface area is 125 Å². The molecular weight excluding hydrogens is 262 g/mol. The molecule has 0 spiro atoms. The van der Waals surface area contributed by atoms with E-state index in [1.807, 2.05) is 13.1 Å². The lowest BCUT2D eigenvalue weighted by Crippen LogP contribution is -2.20. The van der Waals surface area contributed by atoms with Gasteiger partial charge in [-0.25, -0.2) is 0 Å². The van der Waals surface area contributed by atoms with Crippen molar-refractivity contribution in [2.75, 3.05) is 20.3 Å². The Balaban J connectivity index is 2.00. The van der Waals surface area contributed by atoms with Crippen molar-refractivity contribution in [3.8, 4) is 11.5 Å². The number of hydrogen-bond donors (Lipinski definition) is 1. The Morgan fingerprint density at radius 3 is 2.57 bits per heavy atom. The molecule has 1 unspecified atom stereocenters. The first-order chi connectivity index (χ1) is 10.3. The summed E-state index contributed by atoms with van der Waals surface area (Å²) >= 11 is 0. The van der Waals surface area contributed by atoms with Gasteiger partial charge >= 0.3 is 0 Å². The van der Waals surface area contributed by atoms with Gasteiger partial charge in [0.2, 0.25) is 0 Å². The highest BCUT2D eigenvalue weighted by molar-refractivity contribution is 5.47. The second-order valence-electron chi connectivity index (χ2n) is 5.18. The van der Waals surface area contributed by atoms with Gasteiger partial charge in [0.05, 0.1) is 6.04 Å². The molecule has 0 bridgehead atoms. The zero-order valence-electron chi connectivity index (χ0n) is 12.6. The van der Waals surface area contributed by atoms with Crippen LogP contribution in [0.1, 0.15) is 29.7 Å². The average molecular weight is 283 g/mol. The molecular formula is C18H21NO2. The maximum atomic E-state index is 5.70. The lowest BCUT2D eigenvalue weighted by atomic mass is 9.93. The van der Waals surface area contributed by atoms with E-state index in [-0.39, 0.29) is 6.04 Å². The summed E-state index contributed by atoms with van der Waals surface area (Å²) in [5.74, 6) is 1.68. The van der Waals surface area contributed by atoms with Crippen LogP contribution in [0.4, 0.5) is 0 Å². The zero-order chi connectivity index (χ0) is 14.7. The topological polar surface area (TPSA) is 30.5 Å². The molecule has 1 N–H and O–H groups in total. The van der Waals surface area contributed by atoms with Crippen molar-refractivity contribution in [1.29, 1.82) is 0 Å². The summed E-state index contributed by atoms with van der Waals surface area (Å²) < 4.78 is 11.3. The van der Waals surface area contributed by atoms with Gasteiger partial charge in [-0.2, -0.15) is 0 Å². The predicted octanol–water partition coefficient (Wildman–Crippen LogP) is 3.33. The molecule has 0 saturated carbocycles. The monoisotopic (exact) mass is 283 g/mol. The number of aryl methyl sites for hydroxylation is 1. The lowest BCUT2D eigenvalue weighted by Gasteiger charge is -2.23. The Kier molecular flexibility index (Phi) is 4.11. The van der Waals surface area contributed by atoms with Crippen molar-refractivity contribution in [2.24, 2.45) is 0 Å². The van der Waals surface area contributed by atoms with E-state index < -0.39 is 0 Å². The molecule has 3 heteroatoms. The molecule has 0 amide bonds. The summed E-state index contributed by atoms with van der Waals surface area (Å²) in [7, 11) is 1.99. The molecule has 0 fully saturated rings. The summed E-state index contributed by atoms with van der Waals surface area (Å²) in [5.41, 5.74) is 3.88. The minimum atomic E-state index is 0.164. The molecule has 0 saturated heterocycles. The number of ether oxygens (including phenoxy) is 2. The van der Waals surface area contributed by atoms with Gasteiger partial charge < -0.3 is 14.8 Å². The van der Waals surface area contributed by atoms with Crippen LogP contribution in [0, 0.1) is 0 Å². The number of fused-ring (bicyclic) bond motifs is 1. The van der Waals surface area contributed by atoms with Crippen molar-refractivity contribution < 1.29 is 9.47 Å². The predicted molar refractivity (Wildman–Crippen MR) is 84.2 cm³/mol. The average Bonchev–Trinajstić information content (AvgIpc) is 2.56. The minimum Gasteiger partial charge on any atom is -0.486 e. The molecule has 0 radical (unpaired) electrons. The van der Waals surface area contributed by atoms with Crippen LogP contribution >= 0.6 is 0 Å². The van der Waals surface area contributed by atoms with Crippen LogP contribution in [-0.4, -0.2) is 20.3 Å². The molecule has 110 valence electrons. The van der Waals surface area contributed by atoms with Crippen LogP contribution in [0.3, 0.4) is 0 Å². The van der Waals surface area contributed by atoms with Crippen LogP contribution in [-0.2, 0) is 6.42 Å². The fourth-order valence-corrected chi connectivity index (χ4v) is 2.88. The first-order valence-electron chi connectivity index (χ1n) is 7.48. The maximum absolute atomic E-state index is 5.70. The van der Waals surface area contributed by atoms with Gasteiger partial charge in [-0.3, -0.25) is 0 Å². The molecule has 3 rings (SSSR count). The molecule has 2 aromatic carbocycles. The van der Waals surface area contributed by atoms with Crippen LogP contribution in [0.15, 0.2) is 42.5 Å². The van der Waals surface area contributed by atoms with E-state index in [4.69, 9.17) is 9.47 Å². The quantitative estimate of drug-likeness (QED) is 0.933. The summed E-state index contributed by atoms with van der Waals surface area (Å²) in [6.07, 6.45) is 1.03. The van der Waals surface area contributed by atoms with Crippen molar-refractivity contribution in [3.05, 3.63) is 59.2 Å². The SMILES string of the molecule is CCc1ccccc1C(NC)c1ccc2c(c1)OCCO2. The third kappa shape index (κ3) is 2.74. The van der Waals surface area contributed by atoms with E-state index in [9.17, 15) is 0 Å². The second-order valence-corrected chi connectivity index (χ2v) is 5.18. The Bertz CT molecular complexity index is 624. The van der Waals surface area contributed by atoms with Gasteiger partial charge in [0.1, 0.15) is 13.2 Å². The van der Waals surface area contributed by atoms with Gasteiger partial charge in [0, 0.05) is 0 Å². The van der Waals surface area contributed by atoms with Crippen molar-refractivity contribution in [3.63, 3.8) is 0 Å². The van der Waals surface area contributed by atoms with E-state index in [0.717, 1.165) is 17.9 Å². The first kappa shape index (κ1) is 14.0. The Morgan fingerprint density at radius 2 is 1.81 bits per heavy atom. The third-order valence-corrected chi connectivity index (χ3v) is 3.94. The normalized spacial score (nSPS) is 14.8. The van der Waals surface area contributed by atoms with E-state index >= 15 is 0 Å². The summed E-state index contributed by atoms with van der Waals surface area (Å²) in [5, 5.41) is 3.42. The van der Waals surface area contributed by atoms with Crippen molar-refractivity contribution in [1.82, 2.24) is 5.32 Å². The maximum Gasteiger partial charge on any atom is 0.161 e. The summed E-state index contributed by atoms with van der Waals surface area (Å²) in [4.78, 5) is 0. The molecule has 1 heterocycles. The number of nitrogens with one attached hydrogen (secondary N) is 1. The zero-order valence-corrected chi connectivity index (χ0v) is 12.6. The second kappa shape index (κ2) is 6.19. The minimum absolute atomic E-state index is 0.164. The van der Waals surface area contributed by atoms with Gasteiger partial charge in [0.15, 0.2) is 11.5 Å². The van der Waals surface area contributed by atoms with E-state index in [0.29, 0.717) is 13.2 Å². The summed E-state index contributed by atoms with van der Waals surface area (Å²) in [6.45, 7) is 3.43. The van der Waals surface area contributed by atoms with Gasteiger partial charge in [-0.15, -0.1) is 0 Å². The van der Waals surface area contributed by atoms with Gasteiger partial charge in [0.25, 0.3) is 0 Å². The van der Waals surface area contributed by atoms with E-state index in [1.54, 1.807) is 0 Å². The molecule has 0 aliphatic carbocycles. The first-order valence-corrected chi connectivity index (χ1v) is 7.48. The molecule has 3 nitrogen and oxygen atoms in total.